The van der Waals surface area contributed by atoms with Crippen molar-refractivity contribution in [3.63, 3.8) is 0 Å². The monoisotopic (exact) mass is 259 g/mol. The zero-order chi connectivity index (χ0) is 10.7. The normalized spacial score (nSPS) is 10.5. The third kappa shape index (κ3) is 2.19. The Bertz CT molecular complexity index is 339. The second-order valence-electron chi connectivity index (χ2n) is 3.25. The van der Waals surface area contributed by atoms with E-state index in [1.165, 1.54) is 0 Å². The van der Waals surface area contributed by atoms with E-state index in [4.69, 9.17) is 5.73 Å². The average molecular weight is 260 g/mol. The highest BCUT2D eigenvalue weighted by molar-refractivity contribution is 9.10. The van der Waals surface area contributed by atoms with E-state index in [-0.39, 0.29) is 11.5 Å². The van der Waals surface area contributed by atoms with Crippen molar-refractivity contribution in [1.82, 2.24) is 0 Å². The number of halogens is 1. The van der Waals surface area contributed by atoms with Gasteiger partial charge in [0.05, 0.1) is 4.47 Å². The summed E-state index contributed by atoms with van der Waals surface area (Å²) in [6, 6.07) is 1.56. The molecule has 0 aromatic heterocycles. The van der Waals surface area contributed by atoms with Gasteiger partial charge in [-0.05, 0) is 59.4 Å². The van der Waals surface area contributed by atoms with E-state index in [0.29, 0.717) is 11.0 Å². The molecular formula is C10H14BrNO2. The SMILES string of the molecule is Cc1cc(O)c(O)c(Br)c1CCCN. The first-order valence-corrected chi connectivity index (χ1v) is 5.27. The second kappa shape index (κ2) is 4.66. The fourth-order valence-corrected chi connectivity index (χ4v) is 2.09. The molecule has 0 saturated heterocycles. The van der Waals surface area contributed by atoms with Gasteiger partial charge in [0.25, 0.3) is 0 Å². The van der Waals surface area contributed by atoms with E-state index < -0.39 is 0 Å². The molecule has 4 N–H and O–H groups in total. The zero-order valence-electron chi connectivity index (χ0n) is 8.05. The number of phenols is 2. The largest absolute Gasteiger partial charge is 0.504 e. The minimum Gasteiger partial charge on any atom is -0.504 e. The van der Waals surface area contributed by atoms with E-state index in [9.17, 15) is 10.2 Å². The van der Waals surface area contributed by atoms with Crippen LogP contribution in [0, 0.1) is 6.92 Å². The summed E-state index contributed by atoms with van der Waals surface area (Å²) in [5, 5.41) is 18.8. The van der Waals surface area contributed by atoms with Gasteiger partial charge in [0.15, 0.2) is 11.5 Å². The summed E-state index contributed by atoms with van der Waals surface area (Å²) in [5.74, 6) is -0.187. The standard InChI is InChI=1S/C10H14BrNO2/c1-6-5-8(13)10(14)9(11)7(6)3-2-4-12/h5,13-14H,2-4,12H2,1H3. The minimum absolute atomic E-state index is 0.0918. The summed E-state index contributed by atoms with van der Waals surface area (Å²) in [7, 11) is 0. The van der Waals surface area contributed by atoms with Gasteiger partial charge in [0.2, 0.25) is 0 Å². The van der Waals surface area contributed by atoms with Gasteiger partial charge in [0.1, 0.15) is 0 Å². The Morgan fingerprint density at radius 1 is 1.43 bits per heavy atom. The Morgan fingerprint density at radius 3 is 2.64 bits per heavy atom. The highest BCUT2D eigenvalue weighted by Gasteiger charge is 2.12. The van der Waals surface area contributed by atoms with Crippen LogP contribution in [0.1, 0.15) is 17.5 Å². The van der Waals surface area contributed by atoms with Crippen molar-refractivity contribution >= 4 is 15.9 Å². The summed E-state index contributed by atoms with van der Waals surface area (Å²) in [6.45, 7) is 2.52. The van der Waals surface area contributed by atoms with Gasteiger partial charge < -0.3 is 15.9 Å². The van der Waals surface area contributed by atoms with Gasteiger partial charge in [0, 0.05) is 0 Å². The van der Waals surface area contributed by atoms with Crippen LogP contribution in [0.3, 0.4) is 0 Å². The van der Waals surface area contributed by atoms with Gasteiger partial charge >= 0.3 is 0 Å². The molecule has 0 spiro atoms. The molecule has 0 atom stereocenters. The van der Waals surface area contributed by atoms with Crippen molar-refractivity contribution in [3.8, 4) is 11.5 Å². The Labute approximate surface area is 91.7 Å². The maximum absolute atomic E-state index is 9.48. The topological polar surface area (TPSA) is 66.5 Å². The fourth-order valence-electron chi connectivity index (χ4n) is 1.37. The van der Waals surface area contributed by atoms with E-state index in [0.717, 1.165) is 24.0 Å². The molecule has 1 rings (SSSR count). The molecule has 1 aromatic rings. The molecule has 0 amide bonds. The van der Waals surface area contributed by atoms with Gasteiger partial charge in [-0.25, -0.2) is 0 Å². The summed E-state index contributed by atoms with van der Waals surface area (Å²) >= 11 is 3.26. The molecule has 0 unspecified atom stereocenters. The predicted octanol–water partition coefficient (Wildman–Crippen LogP) is 2.06. The number of hydrogen-bond acceptors (Lipinski definition) is 3. The Hall–Kier alpha value is -0.740. The van der Waals surface area contributed by atoms with Gasteiger partial charge in [-0.2, -0.15) is 0 Å². The third-order valence-electron chi connectivity index (χ3n) is 2.18. The molecule has 0 fully saturated rings. The first kappa shape index (κ1) is 11.3. The quantitative estimate of drug-likeness (QED) is 0.729. The number of benzene rings is 1. The molecular weight excluding hydrogens is 246 g/mol. The van der Waals surface area contributed by atoms with Crippen LogP contribution in [0.5, 0.6) is 11.5 Å². The first-order valence-electron chi connectivity index (χ1n) is 4.48. The number of hydrogen-bond donors (Lipinski definition) is 3. The molecule has 0 heterocycles. The van der Waals surface area contributed by atoms with E-state index in [1.54, 1.807) is 6.07 Å². The molecule has 0 saturated carbocycles. The fraction of sp³-hybridized carbons (Fsp3) is 0.400. The van der Waals surface area contributed by atoms with Crippen LogP contribution in [0.15, 0.2) is 10.5 Å². The highest BCUT2D eigenvalue weighted by Crippen LogP contribution is 2.38. The maximum Gasteiger partial charge on any atom is 0.172 e. The second-order valence-corrected chi connectivity index (χ2v) is 4.04. The molecule has 0 bridgehead atoms. The van der Waals surface area contributed by atoms with Crippen molar-refractivity contribution in [2.24, 2.45) is 5.73 Å². The van der Waals surface area contributed by atoms with E-state index in [1.807, 2.05) is 6.92 Å². The predicted molar refractivity (Wildman–Crippen MR) is 59.6 cm³/mol. The Morgan fingerprint density at radius 2 is 2.07 bits per heavy atom. The van der Waals surface area contributed by atoms with Crippen LogP contribution in [0.25, 0.3) is 0 Å². The average Bonchev–Trinajstić information content (AvgIpc) is 2.14. The smallest absolute Gasteiger partial charge is 0.172 e. The highest BCUT2D eigenvalue weighted by atomic mass is 79.9. The zero-order valence-corrected chi connectivity index (χ0v) is 9.63. The lowest BCUT2D eigenvalue weighted by Crippen LogP contribution is -2.02. The number of aromatic hydroxyl groups is 2. The maximum atomic E-state index is 9.48. The van der Waals surface area contributed by atoms with Crippen LogP contribution in [-0.4, -0.2) is 16.8 Å². The number of aryl methyl sites for hydroxylation is 1. The number of rotatable bonds is 3. The Balaban J connectivity index is 3.09. The van der Waals surface area contributed by atoms with E-state index >= 15 is 0 Å². The summed E-state index contributed by atoms with van der Waals surface area (Å²) in [4.78, 5) is 0. The molecule has 0 aliphatic carbocycles. The summed E-state index contributed by atoms with van der Waals surface area (Å²) in [6.07, 6.45) is 1.67. The van der Waals surface area contributed by atoms with Crippen molar-refractivity contribution in [2.75, 3.05) is 6.54 Å². The van der Waals surface area contributed by atoms with Crippen LogP contribution in [0.2, 0.25) is 0 Å². The lowest BCUT2D eigenvalue weighted by Gasteiger charge is -2.10. The van der Waals surface area contributed by atoms with Gasteiger partial charge in [-0.1, -0.05) is 0 Å². The van der Waals surface area contributed by atoms with E-state index in [2.05, 4.69) is 15.9 Å². The van der Waals surface area contributed by atoms with Crippen molar-refractivity contribution < 1.29 is 10.2 Å². The minimum atomic E-state index is -0.0948. The van der Waals surface area contributed by atoms with Crippen LogP contribution >= 0.6 is 15.9 Å². The first-order chi connectivity index (χ1) is 6.57. The van der Waals surface area contributed by atoms with Gasteiger partial charge in [-0.15, -0.1) is 0 Å². The van der Waals surface area contributed by atoms with Crippen LogP contribution in [-0.2, 0) is 6.42 Å². The molecule has 1 aromatic carbocycles. The van der Waals surface area contributed by atoms with Crippen molar-refractivity contribution in [1.29, 1.82) is 0 Å². The van der Waals surface area contributed by atoms with Gasteiger partial charge in [-0.3, -0.25) is 0 Å². The molecule has 78 valence electrons. The molecule has 0 aliphatic rings. The summed E-state index contributed by atoms with van der Waals surface area (Å²) in [5.41, 5.74) is 7.38. The van der Waals surface area contributed by atoms with Crippen LogP contribution < -0.4 is 5.73 Å². The van der Waals surface area contributed by atoms with Crippen LogP contribution in [0.4, 0.5) is 0 Å². The lowest BCUT2D eigenvalue weighted by molar-refractivity contribution is 0.400. The molecule has 4 heteroatoms. The third-order valence-corrected chi connectivity index (χ3v) is 3.03. The van der Waals surface area contributed by atoms with Crippen molar-refractivity contribution in [2.45, 2.75) is 19.8 Å². The summed E-state index contributed by atoms with van der Waals surface area (Å²) < 4.78 is 0.573. The molecule has 14 heavy (non-hydrogen) atoms. The molecule has 0 radical (unpaired) electrons. The number of phenolic OH excluding ortho intramolecular Hbond substituents is 2. The Kier molecular flexibility index (Phi) is 3.77. The molecule has 3 nitrogen and oxygen atoms in total. The lowest BCUT2D eigenvalue weighted by atomic mass is 10.0. The molecule has 0 aliphatic heterocycles. The van der Waals surface area contributed by atoms with Crippen molar-refractivity contribution in [3.05, 3.63) is 21.7 Å². The number of nitrogens with two attached hydrogens (primary N) is 1.